The first-order valence-corrected chi connectivity index (χ1v) is 7.03. The fourth-order valence-corrected chi connectivity index (χ4v) is 2.25. The molecule has 0 radical (unpaired) electrons. The molecule has 20 heavy (non-hydrogen) atoms. The number of benzene rings is 2. The lowest BCUT2D eigenvalue weighted by Crippen LogP contribution is -2.28. The highest BCUT2D eigenvalue weighted by Crippen LogP contribution is 2.17. The first-order valence-electron chi connectivity index (χ1n) is 6.65. The van der Waals surface area contributed by atoms with Gasteiger partial charge in [0, 0.05) is 5.02 Å². The van der Waals surface area contributed by atoms with Gasteiger partial charge in [0.15, 0.2) is 0 Å². The van der Waals surface area contributed by atoms with Crippen LogP contribution in [0.5, 0.6) is 0 Å². The highest BCUT2D eigenvalue weighted by atomic mass is 35.5. The Bertz CT molecular complexity index is 592. The molecule has 2 nitrogen and oxygen atoms in total. The van der Waals surface area contributed by atoms with Crippen molar-refractivity contribution in [2.24, 2.45) is 0 Å². The Kier molecular flexibility index (Phi) is 4.80. The minimum atomic E-state index is -0.0221. The lowest BCUT2D eigenvalue weighted by Gasteiger charge is -2.15. The molecule has 0 spiro atoms. The molecule has 2 aromatic carbocycles. The molecule has 2 aromatic rings. The van der Waals surface area contributed by atoms with Crippen LogP contribution in [0.15, 0.2) is 48.5 Å². The summed E-state index contributed by atoms with van der Waals surface area (Å²) in [7, 11) is 0. The van der Waals surface area contributed by atoms with E-state index in [4.69, 9.17) is 11.6 Å². The second-order valence-electron chi connectivity index (χ2n) is 4.97. The summed E-state index contributed by atoms with van der Waals surface area (Å²) in [6.07, 6.45) is 0.301. The highest BCUT2D eigenvalue weighted by Gasteiger charge is 2.11. The molecule has 0 aliphatic carbocycles. The molecular weight excluding hydrogens is 270 g/mol. The van der Waals surface area contributed by atoms with Gasteiger partial charge < -0.3 is 5.32 Å². The Morgan fingerprint density at radius 2 is 1.80 bits per heavy atom. The molecule has 1 atom stereocenters. The van der Waals surface area contributed by atoms with Gasteiger partial charge in [-0.05, 0) is 31.0 Å². The number of hydrogen-bond acceptors (Lipinski definition) is 1. The lowest BCUT2D eigenvalue weighted by molar-refractivity contribution is -0.121. The van der Waals surface area contributed by atoms with Crippen molar-refractivity contribution in [3.63, 3.8) is 0 Å². The number of aryl methyl sites for hydroxylation is 1. The van der Waals surface area contributed by atoms with Crippen molar-refractivity contribution < 1.29 is 4.79 Å². The van der Waals surface area contributed by atoms with Crippen molar-refractivity contribution in [1.29, 1.82) is 0 Å². The second-order valence-corrected chi connectivity index (χ2v) is 5.38. The van der Waals surface area contributed by atoms with Gasteiger partial charge in [0.05, 0.1) is 12.5 Å². The van der Waals surface area contributed by atoms with E-state index in [2.05, 4.69) is 5.32 Å². The number of nitrogens with one attached hydrogen (secondary N) is 1. The summed E-state index contributed by atoms with van der Waals surface area (Å²) in [5.41, 5.74) is 3.16. The van der Waals surface area contributed by atoms with Crippen LogP contribution in [0.25, 0.3) is 0 Å². The van der Waals surface area contributed by atoms with Gasteiger partial charge >= 0.3 is 0 Å². The van der Waals surface area contributed by atoms with E-state index in [1.165, 1.54) is 5.56 Å². The van der Waals surface area contributed by atoms with E-state index in [0.717, 1.165) is 11.1 Å². The average Bonchev–Trinajstić information content (AvgIpc) is 2.42. The summed E-state index contributed by atoms with van der Waals surface area (Å²) in [5, 5.41) is 3.62. The van der Waals surface area contributed by atoms with E-state index in [9.17, 15) is 4.79 Å². The van der Waals surface area contributed by atoms with Crippen molar-refractivity contribution in [3.05, 3.63) is 70.2 Å². The zero-order chi connectivity index (χ0) is 14.5. The maximum atomic E-state index is 12.0. The number of hydrogen-bond donors (Lipinski definition) is 1. The third-order valence-electron chi connectivity index (χ3n) is 3.26. The van der Waals surface area contributed by atoms with E-state index >= 15 is 0 Å². The summed E-state index contributed by atoms with van der Waals surface area (Å²) in [6, 6.07) is 15.6. The Hall–Kier alpha value is -1.80. The van der Waals surface area contributed by atoms with E-state index < -0.39 is 0 Å². The molecule has 1 N–H and O–H groups in total. The molecule has 0 aromatic heterocycles. The Morgan fingerprint density at radius 3 is 2.45 bits per heavy atom. The topological polar surface area (TPSA) is 29.1 Å². The Balaban J connectivity index is 1.98. The minimum Gasteiger partial charge on any atom is -0.349 e. The first-order chi connectivity index (χ1) is 9.56. The summed E-state index contributed by atoms with van der Waals surface area (Å²) >= 11 is 6.06. The van der Waals surface area contributed by atoms with Crippen molar-refractivity contribution >= 4 is 17.5 Å². The maximum absolute atomic E-state index is 12.0. The van der Waals surface area contributed by atoms with Crippen LogP contribution in [0.1, 0.15) is 29.7 Å². The van der Waals surface area contributed by atoms with Gasteiger partial charge in [-0.3, -0.25) is 4.79 Å². The smallest absolute Gasteiger partial charge is 0.224 e. The minimum absolute atomic E-state index is 0.00872. The van der Waals surface area contributed by atoms with Gasteiger partial charge in [-0.15, -0.1) is 0 Å². The van der Waals surface area contributed by atoms with Gasteiger partial charge in [0.2, 0.25) is 5.91 Å². The third-order valence-corrected chi connectivity index (χ3v) is 3.63. The zero-order valence-electron chi connectivity index (χ0n) is 11.7. The predicted molar refractivity (Wildman–Crippen MR) is 82.9 cm³/mol. The number of carbonyl (C=O) groups is 1. The van der Waals surface area contributed by atoms with Crippen LogP contribution < -0.4 is 5.32 Å². The van der Waals surface area contributed by atoms with Crippen molar-refractivity contribution in [3.8, 4) is 0 Å². The number of amides is 1. The van der Waals surface area contributed by atoms with Crippen LogP contribution in [-0.4, -0.2) is 5.91 Å². The normalized spacial score (nSPS) is 11.9. The molecule has 0 heterocycles. The number of rotatable bonds is 4. The first kappa shape index (κ1) is 14.6. The molecule has 104 valence electrons. The molecule has 0 saturated heterocycles. The van der Waals surface area contributed by atoms with E-state index in [0.29, 0.717) is 11.4 Å². The Morgan fingerprint density at radius 1 is 1.15 bits per heavy atom. The Labute approximate surface area is 124 Å². The monoisotopic (exact) mass is 287 g/mol. The van der Waals surface area contributed by atoms with Crippen LogP contribution in [0.4, 0.5) is 0 Å². The number of halogens is 1. The molecule has 2 rings (SSSR count). The van der Waals surface area contributed by atoms with Gasteiger partial charge in [-0.25, -0.2) is 0 Å². The predicted octanol–water partition coefficient (Wildman–Crippen LogP) is 4.07. The molecule has 1 amide bonds. The fraction of sp³-hybridized carbons (Fsp3) is 0.235. The van der Waals surface area contributed by atoms with Crippen LogP contribution in [-0.2, 0) is 11.2 Å². The van der Waals surface area contributed by atoms with E-state index in [1.807, 2.05) is 56.3 Å². The zero-order valence-corrected chi connectivity index (χ0v) is 12.4. The molecule has 3 heteroatoms. The molecule has 0 bridgehead atoms. The van der Waals surface area contributed by atoms with Crippen molar-refractivity contribution in [1.82, 2.24) is 5.32 Å². The molecular formula is C17H18ClNO. The summed E-state index contributed by atoms with van der Waals surface area (Å²) in [4.78, 5) is 12.0. The quantitative estimate of drug-likeness (QED) is 0.902. The second kappa shape index (κ2) is 6.58. The number of carbonyl (C=O) groups excluding carboxylic acids is 1. The fourth-order valence-electron chi connectivity index (χ4n) is 2.05. The summed E-state index contributed by atoms with van der Waals surface area (Å²) in [6.45, 7) is 4.03. The SMILES string of the molecule is Cc1ccc([C@H](C)NC(=O)Cc2ccccc2Cl)cc1. The van der Waals surface area contributed by atoms with Gasteiger partial charge in [0.1, 0.15) is 0 Å². The largest absolute Gasteiger partial charge is 0.349 e. The van der Waals surface area contributed by atoms with Crippen LogP contribution in [0.2, 0.25) is 5.02 Å². The standard InChI is InChI=1S/C17H18ClNO/c1-12-7-9-14(10-8-12)13(2)19-17(20)11-15-5-3-4-6-16(15)18/h3-10,13H,11H2,1-2H3,(H,19,20)/t13-/m0/s1. The van der Waals surface area contributed by atoms with Crippen LogP contribution >= 0.6 is 11.6 Å². The van der Waals surface area contributed by atoms with Gasteiger partial charge in [-0.2, -0.15) is 0 Å². The van der Waals surface area contributed by atoms with Crippen molar-refractivity contribution in [2.75, 3.05) is 0 Å². The summed E-state index contributed by atoms with van der Waals surface area (Å²) < 4.78 is 0. The summed E-state index contributed by atoms with van der Waals surface area (Å²) in [5.74, 6) is -0.0221. The van der Waals surface area contributed by atoms with E-state index in [1.54, 1.807) is 6.07 Å². The lowest BCUT2D eigenvalue weighted by atomic mass is 10.1. The van der Waals surface area contributed by atoms with Crippen LogP contribution in [0, 0.1) is 6.92 Å². The molecule has 0 saturated carbocycles. The van der Waals surface area contributed by atoms with Crippen LogP contribution in [0.3, 0.4) is 0 Å². The maximum Gasteiger partial charge on any atom is 0.224 e. The molecule has 0 aliphatic rings. The third kappa shape index (κ3) is 3.84. The van der Waals surface area contributed by atoms with E-state index in [-0.39, 0.29) is 11.9 Å². The van der Waals surface area contributed by atoms with Gasteiger partial charge in [-0.1, -0.05) is 59.6 Å². The highest BCUT2D eigenvalue weighted by molar-refractivity contribution is 6.31. The van der Waals surface area contributed by atoms with Gasteiger partial charge in [0.25, 0.3) is 0 Å². The molecule has 0 aliphatic heterocycles. The molecule has 0 unspecified atom stereocenters. The average molecular weight is 288 g/mol. The molecule has 0 fully saturated rings. The van der Waals surface area contributed by atoms with Crippen molar-refractivity contribution in [2.45, 2.75) is 26.3 Å².